The highest BCUT2D eigenvalue weighted by molar-refractivity contribution is 5.92. The summed E-state index contributed by atoms with van der Waals surface area (Å²) in [4.78, 5) is 50.2. The fourth-order valence-electron chi connectivity index (χ4n) is 4.91. The molecule has 1 fully saturated rings. The number of fused-ring (bicyclic) bond motifs is 1. The number of aliphatic hydroxyl groups is 1. The molecule has 4 atom stereocenters. The third kappa shape index (κ3) is 8.17. The molecule has 0 spiro atoms. The number of carboxylic acid groups (broad SMARTS) is 1. The summed E-state index contributed by atoms with van der Waals surface area (Å²) >= 11 is 0. The Morgan fingerprint density at radius 1 is 1.00 bits per heavy atom. The molecular formula is C28H38N4O6. The summed E-state index contributed by atoms with van der Waals surface area (Å²) in [5.41, 5.74) is 0.799. The number of piperidine rings is 1. The zero-order valence-electron chi connectivity index (χ0n) is 21.9. The van der Waals surface area contributed by atoms with Gasteiger partial charge in [-0.3, -0.25) is 14.4 Å². The van der Waals surface area contributed by atoms with Gasteiger partial charge in [0.05, 0.1) is 12.6 Å². The smallest absolute Gasteiger partial charge is 0.405 e. The number of aliphatic hydroxyl groups excluding tert-OH is 1. The first-order chi connectivity index (χ1) is 18.2. The van der Waals surface area contributed by atoms with Crippen molar-refractivity contribution in [2.24, 2.45) is 11.8 Å². The van der Waals surface area contributed by atoms with E-state index < -0.39 is 36.0 Å². The minimum atomic E-state index is -1.35. The number of hydrogen-bond acceptors (Lipinski definition) is 5. The van der Waals surface area contributed by atoms with E-state index in [0.29, 0.717) is 25.8 Å². The molecule has 10 heteroatoms. The summed E-state index contributed by atoms with van der Waals surface area (Å²) in [6, 6.07) is 10.6. The Bertz CT molecular complexity index is 1130. The number of carbonyl (C=O) groups is 4. The monoisotopic (exact) mass is 526 g/mol. The second kappa shape index (κ2) is 13.8. The van der Waals surface area contributed by atoms with Gasteiger partial charge in [-0.15, -0.1) is 0 Å². The second-order valence-corrected chi connectivity index (χ2v) is 10.3. The van der Waals surface area contributed by atoms with Gasteiger partial charge in [-0.25, -0.2) is 4.79 Å². The summed E-state index contributed by atoms with van der Waals surface area (Å²) < 4.78 is 0. The molecule has 6 N–H and O–H groups in total. The number of benzene rings is 2. The number of carbonyl (C=O) groups excluding carboxylic acids is 3. The van der Waals surface area contributed by atoms with E-state index in [1.165, 1.54) is 0 Å². The molecule has 0 aliphatic carbocycles. The maximum absolute atomic E-state index is 13.3. The number of nitrogens with one attached hydrogen (secondary N) is 4. The quantitative estimate of drug-likeness (QED) is 0.248. The van der Waals surface area contributed by atoms with Crippen LogP contribution in [0.15, 0.2) is 42.5 Å². The van der Waals surface area contributed by atoms with E-state index in [1.807, 2.05) is 56.3 Å². The molecule has 3 rings (SSSR count). The first-order valence-corrected chi connectivity index (χ1v) is 13.1. The van der Waals surface area contributed by atoms with Crippen LogP contribution in [-0.4, -0.2) is 65.3 Å². The molecule has 38 heavy (non-hydrogen) atoms. The lowest BCUT2D eigenvalue weighted by Gasteiger charge is -2.28. The Morgan fingerprint density at radius 3 is 2.39 bits per heavy atom. The molecule has 1 aliphatic heterocycles. The zero-order valence-corrected chi connectivity index (χ0v) is 21.9. The average molecular weight is 527 g/mol. The van der Waals surface area contributed by atoms with Gasteiger partial charge in [-0.2, -0.15) is 0 Å². The number of rotatable bonds is 12. The van der Waals surface area contributed by atoms with Crippen LogP contribution in [0.3, 0.4) is 0 Å². The Balaban J connectivity index is 1.73. The molecule has 2 aromatic rings. The third-order valence-electron chi connectivity index (χ3n) is 6.79. The van der Waals surface area contributed by atoms with Crippen molar-refractivity contribution in [2.45, 2.75) is 64.1 Å². The van der Waals surface area contributed by atoms with Gasteiger partial charge in [0.1, 0.15) is 12.1 Å². The van der Waals surface area contributed by atoms with Gasteiger partial charge < -0.3 is 31.5 Å². The summed E-state index contributed by atoms with van der Waals surface area (Å²) in [5.74, 6) is -1.45. The molecule has 0 unspecified atom stereocenters. The standard InChI is InChI=1S/C28H38N4O6/c1-17(2)13-23(26(35)30-21(16-33)14-20-10-6-12-29-25(20)34)31-27(36)24(32-28(37)38)15-19-9-5-8-18-7-3-4-11-22(18)19/h3-5,7-9,11,17,20-21,23-24,32-33H,6,10,12-16H2,1-2H3,(H,29,34)(H,30,35)(H,31,36)(H,37,38)/t20-,21-,23-,24+/m0/s1. The van der Waals surface area contributed by atoms with E-state index in [2.05, 4.69) is 21.3 Å². The maximum Gasteiger partial charge on any atom is 0.405 e. The van der Waals surface area contributed by atoms with Crippen molar-refractivity contribution >= 4 is 34.6 Å². The molecule has 0 bridgehead atoms. The van der Waals surface area contributed by atoms with E-state index in [1.54, 1.807) is 0 Å². The Hall–Kier alpha value is -3.66. The van der Waals surface area contributed by atoms with Gasteiger partial charge >= 0.3 is 6.09 Å². The van der Waals surface area contributed by atoms with Crippen LogP contribution in [0.4, 0.5) is 4.79 Å². The molecule has 1 aliphatic rings. The van der Waals surface area contributed by atoms with E-state index in [0.717, 1.165) is 22.8 Å². The minimum Gasteiger partial charge on any atom is -0.465 e. The largest absolute Gasteiger partial charge is 0.465 e. The lowest BCUT2D eigenvalue weighted by molar-refractivity contribution is -0.131. The lowest BCUT2D eigenvalue weighted by atomic mass is 9.91. The molecule has 4 amide bonds. The highest BCUT2D eigenvalue weighted by Crippen LogP contribution is 2.21. The summed E-state index contributed by atoms with van der Waals surface area (Å²) in [5, 5.41) is 31.8. The van der Waals surface area contributed by atoms with Crippen molar-refractivity contribution in [1.82, 2.24) is 21.3 Å². The Labute approximate surface area is 222 Å². The van der Waals surface area contributed by atoms with Crippen LogP contribution in [0.2, 0.25) is 0 Å². The van der Waals surface area contributed by atoms with Crippen LogP contribution in [0.25, 0.3) is 10.8 Å². The molecular weight excluding hydrogens is 488 g/mol. The lowest BCUT2D eigenvalue weighted by Crippen LogP contribution is -2.56. The van der Waals surface area contributed by atoms with Crippen LogP contribution in [-0.2, 0) is 20.8 Å². The molecule has 0 saturated carbocycles. The van der Waals surface area contributed by atoms with E-state index in [-0.39, 0.29) is 30.8 Å². The number of amides is 4. The van der Waals surface area contributed by atoms with Gasteiger partial charge in [-0.1, -0.05) is 56.3 Å². The predicted octanol–water partition coefficient (Wildman–Crippen LogP) is 1.94. The van der Waals surface area contributed by atoms with Crippen LogP contribution in [0, 0.1) is 11.8 Å². The molecule has 0 aromatic heterocycles. The van der Waals surface area contributed by atoms with Crippen LogP contribution >= 0.6 is 0 Å². The van der Waals surface area contributed by atoms with Gasteiger partial charge in [0, 0.05) is 18.9 Å². The first kappa shape index (κ1) is 28.9. The molecule has 10 nitrogen and oxygen atoms in total. The van der Waals surface area contributed by atoms with Crippen LogP contribution < -0.4 is 21.3 Å². The Morgan fingerprint density at radius 2 is 1.71 bits per heavy atom. The highest BCUT2D eigenvalue weighted by Gasteiger charge is 2.31. The second-order valence-electron chi connectivity index (χ2n) is 10.3. The van der Waals surface area contributed by atoms with Gasteiger partial charge in [0.15, 0.2) is 0 Å². The molecule has 2 aromatic carbocycles. The van der Waals surface area contributed by atoms with Gasteiger partial charge in [0.2, 0.25) is 17.7 Å². The maximum atomic E-state index is 13.3. The van der Waals surface area contributed by atoms with Crippen molar-refractivity contribution in [3.05, 3.63) is 48.0 Å². The normalized spacial score (nSPS) is 17.8. The van der Waals surface area contributed by atoms with Crippen LogP contribution in [0.5, 0.6) is 0 Å². The third-order valence-corrected chi connectivity index (χ3v) is 6.79. The first-order valence-electron chi connectivity index (χ1n) is 13.1. The Kier molecular flexibility index (Phi) is 10.5. The molecule has 1 saturated heterocycles. The van der Waals surface area contributed by atoms with Crippen molar-refractivity contribution in [3.63, 3.8) is 0 Å². The predicted molar refractivity (Wildman–Crippen MR) is 143 cm³/mol. The van der Waals surface area contributed by atoms with E-state index in [4.69, 9.17) is 0 Å². The van der Waals surface area contributed by atoms with Crippen molar-refractivity contribution in [1.29, 1.82) is 0 Å². The molecule has 206 valence electrons. The van der Waals surface area contributed by atoms with Crippen molar-refractivity contribution < 1.29 is 29.4 Å². The zero-order chi connectivity index (χ0) is 27.7. The van der Waals surface area contributed by atoms with Crippen molar-refractivity contribution in [3.8, 4) is 0 Å². The highest BCUT2D eigenvalue weighted by atomic mass is 16.4. The van der Waals surface area contributed by atoms with Gasteiger partial charge in [-0.05, 0) is 47.9 Å². The SMILES string of the molecule is CC(C)C[C@H](NC(=O)[C@@H](Cc1cccc2ccccc12)NC(=O)O)C(=O)N[C@H](CO)C[C@@H]1CCCNC1=O. The summed E-state index contributed by atoms with van der Waals surface area (Å²) in [6.45, 7) is 4.09. The molecule has 1 heterocycles. The van der Waals surface area contributed by atoms with E-state index in [9.17, 15) is 29.4 Å². The van der Waals surface area contributed by atoms with Crippen molar-refractivity contribution in [2.75, 3.05) is 13.2 Å². The fraction of sp³-hybridized carbons (Fsp3) is 0.500. The number of hydrogen-bond donors (Lipinski definition) is 6. The topological polar surface area (TPSA) is 157 Å². The minimum absolute atomic E-state index is 0.0479. The average Bonchev–Trinajstić information content (AvgIpc) is 2.88. The van der Waals surface area contributed by atoms with Gasteiger partial charge in [0.25, 0.3) is 0 Å². The summed E-state index contributed by atoms with van der Waals surface area (Å²) in [6.07, 6.45) is 0.880. The summed E-state index contributed by atoms with van der Waals surface area (Å²) in [7, 11) is 0. The van der Waals surface area contributed by atoms with E-state index >= 15 is 0 Å². The fourth-order valence-corrected chi connectivity index (χ4v) is 4.91. The van der Waals surface area contributed by atoms with Crippen LogP contribution in [0.1, 0.15) is 45.1 Å². The molecule has 0 radical (unpaired) electrons.